The highest BCUT2D eigenvalue weighted by atomic mass is 16.5. The zero-order valence-corrected chi connectivity index (χ0v) is 8.03. The first kappa shape index (κ1) is 12.0. The topological polar surface area (TPSA) is 81.4 Å². The van der Waals surface area contributed by atoms with Crippen molar-refractivity contribution in [3.63, 3.8) is 0 Å². The Balaban J connectivity index is 3.81. The molecular weight excluding hydrogens is 171 g/mol. The summed E-state index contributed by atoms with van der Waals surface area (Å²) in [7, 11) is 2.18. The van der Waals surface area contributed by atoms with E-state index in [-0.39, 0.29) is 11.8 Å². The van der Waals surface area contributed by atoms with E-state index in [2.05, 4.69) is 9.96 Å². The van der Waals surface area contributed by atoms with Crippen molar-refractivity contribution in [3.05, 3.63) is 0 Å². The van der Waals surface area contributed by atoms with Crippen LogP contribution in [0.15, 0.2) is 0 Å². The average Bonchev–Trinajstić information content (AvgIpc) is 2.11. The van der Waals surface area contributed by atoms with Crippen molar-refractivity contribution in [3.8, 4) is 0 Å². The summed E-state index contributed by atoms with van der Waals surface area (Å²) < 4.78 is 4.29. The van der Waals surface area contributed by atoms with Gasteiger partial charge in [0.2, 0.25) is 5.91 Å². The molecule has 6 heteroatoms. The molecule has 0 bridgehead atoms. The lowest BCUT2D eigenvalue weighted by Crippen LogP contribution is -2.46. The molecule has 0 spiro atoms. The summed E-state index contributed by atoms with van der Waals surface area (Å²) in [6.07, 6.45) is 0. The molecule has 0 heterocycles. The minimum absolute atomic E-state index is 0.0334. The van der Waals surface area contributed by atoms with E-state index in [0.29, 0.717) is 0 Å². The summed E-state index contributed by atoms with van der Waals surface area (Å²) >= 11 is 0. The third-order valence-electron chi connectivity index (χ3n) is 1.55. The molecule has 0 aromatic heterocycles. The molecule has 1 amide bonds. The first-order valence-electron chi connectivity index (χ1n) is 3.96. The van der Waals surface area contributed by atoms with E-state index in [9.17, 15) is 9.59 Å². The first-order valence-corrected chi connectivity index (χ1v) is 3.96. The van der Waals surface area contributed by atoms with Crippen LogP contribution in [0.2, 0.25) is 0 Å². The fourth-order valence-corrected chi connectivity index (χ4v) is 0.588. The number of carbonyl (C=O) groups excluding carboxylic acids is 2. The van der Waals surface area contributed by atoms with Crippen molar-refractivity contribution in [2.45, 2.75) is 19.9 Å². The molecule has 0 aliphatic heterocycles. The van der Waals surface area contributed by atoms with E-state index in [4.69, 9.17) is 5.73 Å². The van der Waals surface area contributed by atoms with E-state index in [1.165, 1.54) is 7.11 Å². The Bertz CT molecular complexity index is 196. The molecular formula is C7H14BN2O3. The normalized spacial score (nSPS) is 12.1. The summed E-state index contributed by atoms with van der Waals surface area (Å²) in [6.45, 7) is 3.64. The van der Waals surface area contributed by atoms with Gasteiger partial charge in [-0.3, -0.25) is 9.59 Å². The second kappa shape index (κ2) is 5.58. The van der Waals surface area contributed by atoms with Gasteiger partial charge in [0.15, 0.2) is 0 Å². The zero-order valence-electron chi connectivity index (χ0n) is 8.03. The monoisotopic (exact) mass is 185 g/mol. The molecule has 0 rings (SSSR count). The number of amides is 1. The third-order valence-corrected chi connectivity index (χ3v) is 1.55. The zero-order chi connectivity index (χ0) is 10.4. The number of methoxy groups -OCH3 is 1. The molecule has 5 nitrogen and oxygen atoms in total. The highest BCUT2D eigenvalue weighted by Crippen LogP contribution is 1.96. The van der Waals surface area contributed by atoms with Crippen molar-refractivity contribution < 1.29 is 14.3 Å². The number of ether oxygens (including phenoxy) is 1. The Hall–Kier alpha value is -1.04. The molecule has 3 N–H and O–H groups in total. The lowest BCUT2D eigenvalue weighted by Gasteiger charge is -2.14. The lowest BCUT2D eigenvalue weighted by molar-refractivity contribution is -0.121. The molecule has 1 radical (unpaired) electrons. The number of hydrogen-bond donors (Lipinski definition) is 2. The van der Waals surface area contributed by atoms with Gasteiger partial charge >= 0.3 is 7.41 Å². The van der Waals surface area contributed by atoms with Crippen LogP contribution < -0.4 is 11.0 Å². The Morgan fingerprint density at radius 1 is 1.46 bits per heavy atom. The van der Waals surface area contributed by atoms with Gasteiger partial charge in [0.25, 0.3) is 5.87 Å². The van der Waals surface area contributed by atoms with Gasteiger partial charge in [0.05, 0.1) is 13.2 Å². The van der Waals surface area contributed by atoms with Gasteiger partial charge in [0.1, 0.15) is 0 Å². The Labute approximate surface area is 78.3 Å². The minimum atomic E-state index is -0.610. The van der Waals surface area contributed by atoms with Crippen LogP contribution in [0.4, 0.5) is 4.79 Å². The predicted octanol–water partition coefficient (Wildman–Crippen LogP) is -0.529. The first-order chi connectivity index (χ1) is 5.99. The molecule has 1 unspecified atom stereocenters. The summed E-state index contributed by atoms with van der Waals surface area (Å²) in [6, 6.07) is -0.610. The fraction of sp³-hybridized carbons (Fsp3) is 0.714. The van der Waals surface area contributed by atoms with Crippen molar-refractivity contribution >= 4 is 19.2 Å². The summed E-state index contributed by atoms with van der Waals surface area (Å²) in [5, 5.41) is 2.25. The second-order valence-corrected chi connectivity index (χ2v) is 2.95. The summed E-state index contributed by atoms with van der Waals surface area (Å²) in [4.78, 5) is 21.7. The molecule has 0 aliphatic carbocycles. The van der Waals surface area contributed by atoms with Crippen LogP contribution in [0.25, 0.3) is 0 Å². The van der Waals surface area contributed by atoms with Crippen LogP contribution >= 0.6 is 0 Å². The third kappa shape index (κ3) is 4.52. The van der Waals surface area contributed by atoms with Crippen LogP contribution in [-0.2, 0) is 9.53 Å². The highest BCUT2D eigenvalue weighted by Gasteiger charge is 2.18. The van der Waals surface area contributed by atoms with Crippen LogP contribution in [-0.4, -0.2) is 32.3 Å². The minimum Gasteiger partial charge on any atom is -0.476 e. The standard InChI is InChI=1S/C7H14BN2O3/c1-4(2)5(9)6(11)10-8-7(12)13-3/h4-5H,9H2,1-3H3,(H,10,11). The van der Waals surface area contributed by atoms with E-state index in [1.54, 1.807) is 0 Å². The SMILES string of the molecule is COC(=O)[B]NC(=O)C(N)C(C)C. The number of nitrogens with two attached hydrogens (primary N) is 1. The summed E-state index contributed by atoms with van der Waals surface area (Å²) in [5.41, 5.74) is 5.50. The molecule has 0 saturated carbocycles. The van der Waals surface area contributed by atoms with E-state index >= 15 is 0 Å². The lowest BCUT2D eigenvalue weighted by atomic mass is 9.93. The summed E-state index contributed by atoms with van der Waals surface area (Å²) in [5.74, 6) is -0.962. The number of rotatable bonds is 4. The van der Waals surface area contributed by atoms with Gasteiger partial charge in [-0.15, -0.1) is 0 Å². The molecule has 0 aliphatic rings. The maximum atomic E-state index is 11.1. The van der Waals surface area contributed by atoms with Crippen LogP contribution in [0.1, 0.15) is 13.8 Å². The van der Waals surface area contributed by atoms with Crippen LogP contribution in [0, 0.1) is 5.92 Å². The quantitative estimate of drug-likeness (QED) is 0.577. The molecule has 13 heavy (non-hydrogen) atoms. The molecule has 0 saturated heterocycles. The highest BCUT2D eigenvalue weighted by molar-refractivity contribution is 6.71. The average molecular weight is 185 g/mol. The maximum absolute atomic E-state index is 11.1. The van der Waals surface area contributed by atoms with Crippen LogP contribution in [0.3, 0.4) is 0 Å². The van der Waals surface area contributed by atoms with Crippen molar-refractivity contribution in [2.24, 2.45) is 11.7 Å². The van der Waals surface area contributed by atoms with Crippen LogP contribution in [0.5, 0.6) is 0 Å². The van der Waals surface area contributed by atoms with E-state index in [0.717, 1.165) is 7.41 Å². The van der Waals surface area contributed by atoms with Gasteiger partial charge < -0.3 is 15.7 Å². The maximum Gasteiger partial charge on any atom is 0.392 e. The largest absolute Gasteiger partial charge is 0.476 e. The van der Waals surface area contributed by atoms with Gasteiger partial charge in [0, 0.05) is 0 Å². The molecule has 73 valence electrons. The molecule has 0 fully saturated rings. The van der Waals surface area contributed by atoms with Gasteiger partial charge in [-0.2, -0.15) is 0 Å². The fourth-order valence-electron chi connectivity index (χ4n) is 0.588. The smallest absolute Gasteiger partial charge is 0.392 e. The Morgan fingerprint density at radius 3 is 2.38 bits per heavy atom. The molecule has 0 aromatic carbocycles. The number of carbonyl (C=O) groups is 2. The Kier molecular flexibility index (Phi) is 5.14. The molecule has 1 atom stereocenters. The number of hydrogen-bond acceptors (Lipinski definition) is 4. The predicted molar refractivity (Wildman–Crippen MR) is 49.1 cm³/mol. The van der Waals surface area contributed by atoms with E-state index < -0.39 is 11.9 Å². The van der Waals surface area contributed by atoms with Gasteiger partial charge in [-0.1, -0.05) is 13.8 Å². The second-order valence-electron chi connectivity index (χ2n) is 2.95. The number of nitrogens with one attached hydrogen (secondary N) is 1. The Morgan fingerprint density at radius 2 is 2.00 bits per heavy atom. The van der Waals surface area contributed by atoms with Crippen molar-refractivity contribution in [1.82, 2.24) is 5.23 Å². The molecule has 0 aromatic rings. The van der Waals surface area contributed by atoms with E-state index in [1.807, 2.05) is 13.8 Å². The van der Waals surface area contributed by atoms with Gasteiger partial charge in [-0.05, 0) is 5.92 Å². The van der Waals surface area contributed by atoms with Crippen molar-refractivity contribution in [2.75, 3.05) is 7.11 Å². The van der Waals surface area contributed by atoms with Gasteiger partial charge in [-0.25, -0.2) is 0 Å². The van der Waals surface area contributed by atoms with Crippen molar-refractivity contribution in [1.29, 1.82) is 0 Å².